The molecule has 0 radical (unpaired) electrons. The fourth-order valence-electron chi connectivity index (χ4n) is 2.50. The van der Waals surface area contributed by atoms with E-state index in [0.29, 0.717) is 17.1 Å². The van der Waals surface area contributed by atoms with E-state index in [1.807, 2.05) is 0 Å². The Balaban J connectivity index is 1.51. The van der Waals surface area contributed by atoms with Gasteiger partial charge >= 0.3 is 6.18 Å². The third-order valence-corrected chi connectivity index (χ3v) is 5.63. The lowest BCUT2D eigenvalue weighted by Crippen LogP contribution is -2.18. The number of thioether (sulfide) groups is 1. The van der Waals surface area contributed by atoms with Gasteiger partial charge in [-0.05, 0) is 36.4 Å². The average Bonchev–Trinajstić information content (AvgIpc) is 3.16. The number of carbonyl (C=O) groups excluding carboxylic acids is 2. The monoisotopic (exact) mass is 469 g/mol. The summed E-state index contributed by atoms with van der Waals surface area (Å²) in [5.41, 5.74) is -0.459. The van der Waals surface area contributed by atoms with E-state index in [-0.39, 0.29) is 16.8 Å². The average molecular weight is 469 g/mol. The van der Waals surface area contributed by atoms with E-state index in [1.165, 1.54) is 48.2 Å². The topological polar surface area (TPSA) is 71.1 Å². The van der Waals surface area contributed by atoms with Gasteiger partial charge in [0.05, 0.1) is 22.6 Å². The number of aromatic nitrogens is 1. The molecule has 2 aromatic carbocycles. The Hall–Kier alpha value is -2.92. The first-order chi connectivity index (χ1) is 14.7. The first kappa shape index (κ1) is 22.8. The highest BCUT2D eigenvalue weighted by molar-refractivity contribution is 7.99. The lowest BCUT2D eigenvalue weighted by Gasteiger charge is -2.11. The van der Waals surface area contributed by atoms with Gasteiger partial charge < -0.3 is 5.32 Å². The second kappa shape index (κ2) is 9.92. The molecule has 1 aromatic heterocycles. The molecule has 0 unspecified atom stereocenters. The molecule has 2 amide bonds. The van der Waals surface area contributed by atoms with Crippen molar-refractivity contribution in [1.82, 2.24) is 4.98 Å². The van der Waals surface area contributed by atoms with Gasteiger partial charge in [0, 0.05) is 16.8 Å². The van der Waals surface area contributed by atoms with Crippen molar-refractivity contribution in [2.24, 2.45) is 0 Å². The number of alkyl halides is 3. The van der Waals surface area contributed by atoms with E-state index in [9.17, 15) is 27.2 Å². The van der Waals surface area contributed by atoms with Crippen LogP contribution in [0.25, 0.3) is 0 Å². The largest absolute Gasteiger partial charge is 0.417 e. The van der Waals surface area contributed by atoms with Crippen molar-refractivity contribution >= 4 is 45.7 Å². The number of hydrogen-bond donors (Lipinski definition) is 2. The quantitative estimate of drug-likeness (QED) is 0.453. The van der Waals surface area contributed by atoms with Gasteiger partial charge in [0.15, 0.2) is 5.13 Å². The van der Waals surface area contributed by atoms with Crippen LogP contribution in [-0.2, 0) is 16.7 Å². The molecule has 0 aliphatic heterocycles. The van der Waals surface area contributed by atoms with E-state index < -0.39 is 29.0 Å². The van der Waals surface area contributed by atoms with E-state index in [0.717, 1.165) is 23.5 Å². The number of anilines is 2. The molecule has 3 rings (SSSR count). The molecule has 0 fully saturated rings. The molecule has 162 valence electrons. The minimum Gasteiger partial charge on any atom is -0.325 e. The third-order valence-electron chi connectivity index (χ3n) is 3.86. The van der Waals surface area contributed by atoms with Crippen LogP contribution in [0.5, 0.6) is 0 Å². The van der Waals surface area contributed by atoms with Gasteiger partial charge in [-0.15, -0.1) is 23.1 Å². The van der Waals surface area contributed by atoms with E-state index >= 15 is 0 Å². The maximum absolute atomic E-state index is 13.1. The van der Waals surface area contributed by atoms with Crippen LogP contribution in [-0.4, -0.2) is 22.6 Å². The van der Waals surface area contributed by atoms with Crippen molar-refractivity contribution in [1.29, 1.82) is 0 Å². The molecule has 0 saturated heterocycles. The number of amides is 2. The number of halogens is 4. The van der Waals surface area contributed by atoms with Crippen molar-refractivity contribution in [2.45, 2.75) is 11.9 Å². The van der Waals surface area contributed by atoms with Crippen LogP contribution in [0.15, 0.2) is 53.9 Å². The summed E-state index contributed by atoms with van der Waals surface area (Å²) >= 11 is 2.34. The number of nitrogens with zero attached hydrogens (tertiary/aromatic N) is 1. The lowest BCUT2D eigenvalue weighted by molar-refractivity contribution is -0.137. The van der Waals surface area contributed by atoms with E-state index in [2.05, 4.69) is 15.6 Å². The number of benzene rings is 2. The van der Waals surface area contributed by atoms with Gasteiger partial charge in [-0.1, -0.05) is 12.1 Å². The smallest absolute Gasteiger partial charge is 0.325 e. The fourth-order valence-corrected chi connectivity index (χ4v) is 4.03. The number of carbonyl (C=O) groups is 2. The van der Waals surface area contributed by atoms with Gasteiger partial charge in [-0.25, -0.2) is 9.37 Å². The van der Waals surface area contributed by atoms with Crippen LogP contribution in [0, 0.1) is 5.82 Å². The van der Waals surface area contributed by atoms with Crippen LogP contribution in [0.4, 0.5) is 28.4 Å². The molecule has 0 aliphatic rings. The molecule has 0 atom stereocenters. The molecule has 0 bridgehead atoms. The second-order valence-corrected chi connectivity index (χ2v) is 8.03. The van der Waals surface area contributed by atoms with Crippen molar-refractivity contribution in [3.63, 3.8) is 0 Å². The number of hydrogen-bond acceptors (Lipinski definition) is 5. The van der Waals surface area contributed by atoms with Gasteiger partial charge in [-0.2, -0.15) is 13.2 Å². The molecular formula is C20H15F4N3O2S2. The SMILES string of the molecule is O=C(CSCc1csc(NC(=O)c2ccccc2C(F)(F)F)n1)Nc1ccc(F)cc1. The highest BCUT2D eigenvalue weighted by atomic mass is 32.2. The zero-order valence-corrected chi connectivity index (χ0v) is 17.3. The predicted octanol–water partition coefficient (Wildman–Crippen LogP) is 5.43. The summed E-state index contributed by atoms with van der Waals surface area (Å²) in [6.45, 7) is 0. The Labute approximate surface area is 182 Å². The summed E-state index contributed by atoms with van der Waals surface area (Å²) < 4.78 is 52.1. The zero-order valence-electron chi connectivity index (χ0n) is 15.7. The van der Waals surface area contributed by atoms with Crippen LogP contribution in [0.3, 0.4) is 0 Å². The molecule has 2 N–H and O–H groups in total. The molecule has 5 nitrogen and oxygen atoms in total. The highest BCUT2D eigenvalue weighted by Gasteiger charge is 2.34. The minimum atomic E-state index is -4.65. The Morgan fingerprint density at radius 2 is 1.74 bits per heavy atom. The van der Waals surface area contributed by atoms with Gasteiger partial charge in [0.2, 0.25) is 5.91 Å². The van der Waals surface area contributed by atoms with Crippen molar-refractivity contribution in [3.8, 4) is 0 Å². The first-order valence-corrected chi connectivity index (χ1v) is 10.8. The van der Waals surface area contributed by atoms with Gasteiger partial charge in [0.1, 0.15) is 5.82 Å². The third kappa shape index (κ3) is 6.53. The van der Waals surface area contributed by atoms with Crippen molar-refractivity contribution in [2.75, 3.05) is 16.4 Å². The van der Waals surface area contributed by atoms with Gasteiger partial charge in [-0.3, -0.25) is 14.9 Å². The van der Waals surface area contributed by atoms with Crippen molar-refractivity contribution in [3.05, 3.63) is 76.5 Å². The summed E-state index contributed by atoms with van der Waals surface area (Å²) in [6.07, 6.45) is -4.65. The maximum atomic E-state index is 13.1. The van der Waals surface area contributed by atoms with Crippen LogP contribution in [0.1, 0.15) is 21.6 Å². The minimum absolute atomic E-state index is 0.121. The molecule has 0 spiro atoms. The summed E-state index contributed by atoms with van der Waals surface area (Å²) in [5, 5.41) is 6.82. The maximum Gasteiger partial charge on any atom is 0.417 e. The second-order valence-electron chi connectivity index (χ2n) is 6.19. The lowest BCUT2D eigenvalue weighted by atomic mass is 10.1. The Morgan fingerprint density at radius 3 is 2.45 bits per heavy atom. The Kier molecular flexibility index (Phi) is 7.29. The summed E-state index contributed by atoms with van der Waals surface area (Å²) in [6, 6.07) is 9.88. The number of thiazole rings is 1. The molecule has 0 saturated carbocycles. The molecule has 3 aromatic rings. The number of nitrogens with one attached hydrogen (secondary N) is 2. The first-order valence-electron chi connectivity index (χ1n) is 8.77. The van der Waals surface area contributed by atoms with Crippen LogP contribution >= 0.6 is 23.1 Å². The predicted molar refractivity (Wildman–Crippen MR) is 113 cm³/mol. The van der Waals surface area contributed by atoms with Gasteiger partial charge in [0.25, 0.3) is 5.91 Å². The van der Waals surface area contributed by atoms with E-state index in [4.69, 9.17) is 0 Å². The van der Waals surface area contributed by atoms with E-state index in [1.54, 1.807) is 5.38 Å². The van der Waals surface area contributed by atoms with Crippen LogP contribution in [0.2, 0.25) is 0 Å². The Morgan fingerprint density at radius 1 is 1.03 bits per heavy atom. The molecule has 1 heterocycles. The highest BCUT2D eigenvalue weighted by Crippen LogP contribution is 2.32. The van der Waals surface area contributed by atoms with Crippen LogP contribution < -0.4 is 10.6 Å². The molecule has 0 aliphatic carbocycles. The van der Waals surface area contributed by atoms with Crippen molar-refractivity contribution < 1.29 is 27.2 Å². The summed E-state index contributed by atoms with van der Waals surface area (Å²) in [5.74, 6) is -1.09. The summed E-state index contributed by atoms with van der Waals surface area (Å²) in [4.78, 5) is 28.3. The number of rotatable bonds is 7. The molecule has 11 heteroatoms. The molecule has 31 heavy (non-hydrogen) atoms. The summed E-state index contributed by atoms with van der Waals surface area (Å²) in [7, 11) is 0. The fraction of sp³-hybridized carbons (Fsp3) is 0.150. The molecular weight excluding hydrogens is 454 g/mol. The standard InChI is InChI=1S/C20H15F4N3O2S2/c21-12-5-7-13(8-6-12)25-17(28)11-30-9-14-10-31-19(26-14)27-18(29)15-3-1-2-4-16(15)20(22,23)24/h1-8,10H,9,11H2,(H,25,28)(H,26,27,29). The normalized spacial score (nSPS) is 11.2. The zero-order chi connectivity index (χ0) is 22.4. The Bertz CT molecular complexity index is 1070.